The van der Waals surface area contributed by atoms with Crippen LogP contribution in [0.15, 0.2) is 0 Å². The van der Waals surface area contributed by atoms with Crippen LogP contribution in [0.1, 0.15) is 39.0 Å². The number of hydrogen-bond acceptors (Lipinski definition) is 3. The number of nitrogens with one attached hydrogen (secondary N) is 1. The van der Waals surface area contributed by atoms with Crippen LogP contribution in [0, 0.1) is 0 Å². The van der Waals surface area contributed by atoms with Crippen molar-refractivity contribution < 1.29 is 27.4 Å². The van der Waals surface area contributed by atoms with Gasteiger partial charge in [0.2, 0.25) is 0 Å². The summed E-state index contributed by atoms with van der Waals surface area (Å²) in [5.41, 5.74) is -1.15. The van der Waals surface area contributed by atoms with Crippen LogP contribution < -0.4 is 5.32 Å². The number of carbonyl (C=O) groups excluding carboxylic acids is 1. The first-order chi connectivity index (χ1) is 8.71. The fourth-order valence-electron chi connectivity index (χ4n) is 2.61. The Morgan fingerprint density at radius 1 is 1.11 bits per heavy atom. The largest absolute Gasteiger partial charge is 0.471 e. The van der Waals surface area contributed by atoms with E-state index in [4.69, 9.17) is 9.47 Å². The second-order valence-electron chi connectivity index (χ2n) is 4.95. The van der Waals surface area contributed by atoms with Gasteiger partial charge in [0.05, 0.1) is 5.54 Å². The van der Waals surface area contributed by atoms with Crippen molar-refractivity contribution in [1.29, 1.82) is 0 Å². The fourth-order valence-corrected chi connectivity index (χ4v) is 2.61. The molecule has 1 aliphatic carbocycles. The number of alkyl halides is 3. The molecular weight excluding hydrogens is 263 g/mol. The first-order valence-electron chi connectivity index (χ1n) is 6.20. The minimum absolute atomic E-state index is 0.396. The highest BCUT2D eigenvalue weighted by Crippen LogP contribution is 2.40. The highest BCUT2D eigenvalue weighted by Gasteiger charge is 2.54. The van der Waals surface area contributed by atoms with Gasteiger partial charge in [-0.15, -0.1) is 0 Å². The molecular formula is C12H20F3NO3. The number of hydrogen-bond donors (Lipinski definition) is 1. The van der Waals surface area contributed by atoms with Crippen LogP contribution in [0.5, 0.6) is 0 Å². The van der Waals surface area contributed by atoms with Gasteiger partial charge in [0, 0.05) is 14.2 Å². The van der Waals surface area contributed by atoms with E-state index in [1.165, 1.54) is 14.2 Å². The maximum Gasteiger partial charge on any atom is 0.471 e. The second-order valence-corrected chi connectivity index (χ2v) is 4.95. The molecule has 1 amide bonds. The molecule has 19 heavy (non-hydrogen) atoms. The first-order valence-corrected chi connectivity index (χ1v) is 6.20. The monoisotopic (exact) mass is 283 g/mol. The third-order valence-corrected chi connectivity index (χ3v) is 3.97. The van der Waals surface area contributed by atoms with E-state index in [0.29, 0.717) is 12.8 Å². The van der Waals surface area contributed by atoms with Crippen molar-refractivity contribution in [1.82, 2.24) is 5.32 Å². The van der Waals surface area contributed by atoms with Crippen LogP contribution in [0.25, 0.3) is 0 Å². The molecule has 1 aliphatic rings. The molecule has 0 unspecified atom stereocenters. The molecule has 1 rings (SSSR count). The summed E-state index contributed by atoms with van der Waals surface area (Å²) in [4.78, 5) is 11.3. The van der Waals surface area contributed by atoms with Gasteiger partial charge in [-0.05, 0) is 19.8 Å². The lowest BCUT2D eigenvalue weighted by atomic mass is 9.75. The number of halogens is 3. The van der Waals surface area contributed by atoms with Gasteiger partial charge in [-0.25, -0.2) is 0 Å². The Labute approximate surface area is 110 Å². The fraction of sp³-hybridized carbons (Fsp3) is 0.917. The minimum atomic E-state index is -4.91. The van der Waals surface area contributed by atoms with Gasteiger partial charge in [-0.3, -0.25) is 4.79 Å². The molecule has 0 aromatic heterocycles. The van der Waals surface area contributed by atoms with E-state index in [9.17, 15) is 18.0 Å². The molecule has 1 fully saturated rings. The summed E-state index contributed by atoms with van der Waals surface area (Å²) in [6.07, 6.45) is -1.75. The maximum atomic E-state index is 12.5. The second kappa shape index (κ2) is 5.66. The molecule has 0 spiro atoms. The Hall–Kier alpha value is -0.820. The summed E-state index contributed by atoms with van der Waals surface area (Å²) in [6.45, 7) is 1.55. The normalized spacial score (nSPS) is 20.1. The predicted molar refractivity (Wildman–Crippen MR) is 62.4 cm³/mol. The lowest BCUT2D eigenvalue weighted by Gasteiger charge is -2.49. The molecule has 0 radical (unpaired) electrons. The smallest absolute Gasteiger partial charge is 0.351 e. The molecule has 0 saturated heterocycles. The van der Waals surface area contributed by atoms with E-state index in [2.05, 4.69) is 5.32 Å². The van der Waals surface area contributed by atoms with Gasteiger partial charge in [0.1, 0.15) is 0 Å². The predicted octanol–water partition coefficient (Wildman–Crippen LogP) is 2.38. The first kappa shape index (κ1) is 16.2. The van der Waals surface area contributed by atoms with Crippen LogP contribution in [0.2, 0.25) is 0 Å². The topological polar surface area (TPSA) is 47.6 Å². The molecule has 0 bridgehead atoms. The Morgan fingerprint density at radius 3 is 1.95 bits per heavy atom. The van der Waals surface area contributed by atoms with Gasteiger partial charge in [0.15, 0.2) is 5.79 Å². The SMILES string of the molecule is COC(C)(OC)C1(NC(=O)C(F)(F)F)CCCCC1. The molecule has 1 N–H and O–H groups in total. The van der Waals surface area contributed by atoms with Crippen molar-refractivity contribution >= 4 is 5.91 Å². The van der Waals surface area contributed by atoms with Gasteiger partial charge in [0.25, 0.3) is 0 Å². The molecule has 4 nitrogen and oxygen atoms in total. The quantitative estimate of drug-likeness (QED) is 0.806. The van der Waals surface area contributed by atoms with Crippen LogP contribution in [0.3, 0.4) is 0 Å². The summed E-state index contributed by atoms with van der Waals surface area (Å²) >= 11 is 0. The molecule has 0 heterocycles. The minimum Gasteiger partial charge on any atom is -0.351 e. The standard InChI is InChI=1S/C12H20F3NO3/c1-10(18-2,19-3)11(7-5-4-6-8-11)16-9(17)12(13,14)15/h4-8H2,1-3H3,(H,16,17). The third-order valence-electron chi connectivity index (χ3n) is 3.97. The number of ether oxygens (including phenoxy) is 2. The van der Waals surface area contributed by atoms with Gasteiger partial charge in [-0.2, -0.15) is 13.2 Å². The van der Waals surface area contributed by atoms with Crippen molar-refractivity contribution in [2.24, 2.45) is 0 Å². The molecule has 1 saturated carbocycles. The van der Waals surface area contributed by atoms with Crippen molar-refractivity contribution in [2.75, 3.05) is 14.2 Å². The summed E-state index contributed by atoms with van der Waals surface area (Å²) in [7, 11) is 2.72. The number of rotatable bonds is 4. The van der Waals surface area contributed by atoms with Crippen LogP contribution in [0.4, 0.5) is 13.2 Å². The maximum absolute atomic E-state index is 12.5. The number of methoxy groups -OCH3 is 2. The summed E-state index contributed by atoms with van der Waals surface area (Å²) < 4.78 is 47.9. The van der Waals surface area contributed by atoms with Crippen molar-refractivity contribution in [3.8, 4) is 0 Å². The average Bonchev–Trinajstić information content (AvgIpc) is 2.37. The van der Waals surface area contributed by atoms with Crippen LogP contribution >= 0.6 is 0 Å². The van der Waals surface area contributed by atoms with Crippen molar-refractivity contribution in [3.63, 3.8) is 0 Å². The zero-order valence-electron chi connectivity index (χ0n) is 11.4. The zero-order valence-corrected chi connectivity index (χ0v) is 11.4. The lowest BCUT2D eigenvalue weighted by molar-refractivity contribution is -0.252. The van der Waals surface area contributed by atoms with E-state index in [1.54, 1.807) is 6.92 Å². The Bertz CT molecular complexity index is 321. The average molecular weight is 283 g/mol. The Kier molecular flexibility index (Phi) is 4.84. The Morgan fingerprint density at radius 2 is 1.58 bits per heavy atom. The zero-order chi connectivity index (χ0) is 14.7. The number of amides is 1. The highest BCUT2D eigenvalue weighted by molar-refractivity contribution is 5.82. The van der Waals surface area contributed by atoms with Gasteiger partial charge >= 0.3 is 12.1 Å². The van der Waals surface area contributed by atoms with Crippen LogP contribution in [-0.2, 0) is 14.3 Å². The van der Waals surface area contributed by atoms with Gasteiger partial charge < -0.3 is 14.8 Å². The van der Waals surface area contributed by atoms with Crippen LogP contribution in [-0.4, -0.2) is 37.6 Å². The van der Waals surface area contributed by atoms with E-state index >= 15 is 0 Å². The van der Waals surface area contributed by atoms with E-state index < -0.39 is 23.4 Å². The van der Waals surface area contributed by atoms with Gasteiger partial charge in [-0.1, -0.05) is 19.3 Å². The Balaban J connectivity index is 3.03. The third kappa shape index (κ3) is 3.20. The molecule has 0 aliphatic heterocycles. The molecule has 0 atom stereocenters. The van der Waals surface area contributed by atoms with E-state index in [0.717, 1.165) is 19.3 Å². The lowest BCUT2D eigenvalue weighted by Crippen LogP contribution is -2.67. The molecule has 112 valence electrons. The van der Waals surface area contributed by atoms with Crippen molar-refractivity contribution in [2.45, 2.75) is 56.5 Å². The summed E-state index contributed by atoms with van der Waals surface area (Å²) in [5.74, 6) is -3.23. The summed E-state index contributed by atoms with van der Waals surface area (Å²) in [5, 5.41) is 2.10. The highest BCUT2D eigenvalue weighted by atomic mass is 19.4. The van der Waals surface area contributed by atoms with Crippen molar-refractivity contribution in [3.05, 3.63) is 0 Å². The summed E-state index contributed by atoms with van der Waals surface area (Å²) in [6, 6.07) is 0. The molecule has 0 aromatic carbocycles. The molecule has 0 aromatic rings. The van der Waals surface area contributed by atoms with E-state index in [-0.39, 0.29) is 0 Å². The van der Waals surface area contributed by atoms with E-state index in [1.807, 2.05) is 0 Å². The number of carbonyl (C=O) groups is 1. The molecule has 7 heteroatoms.